The van der Waals surface area contributed by atoms with E-state index in [0.29, 0.717) is 29.5 Å². The van der Waals surface area contributed by atoms with Crippen LogP contribution in [0.25, 0.3) is 0 Å². The van der Waals surface area contributed by atoms with Crippen molar-refractivity contribution < 1.29 is 18.9 Å². The van der Waals surface area contributed by atoms with E-state index in [1.54, 1.807) is 54.7 Å². The number of nitrogens with zero attached hydrogens (tertiary/aromatic N) is 7. The van der Waals surface area contributed by atoms with E-state index >= 15 is 0 Å². The molecule has 1 N–H and O–H groups in total. The van der Waals surface area contributed by atoms with Gasteiger partial charge in [0, 0.05) is 18.3 Å². The van der Waals surface area contributed by atoms with Crippen LogP contribution in [0.1, 0.15) is 5.69 Å². The molecule has 0 unspecified atom stereocenters. The predicted molar refractivity (Wildman–Crippen MR) is 129 cm³/mol. The Bertz CT molecular complexity index is 1490. The number of fused-ring (bicyclic) bond motifs is 8. The van der Waals surface area contributed by atoms with Crippen molar-refractivity contribution in [1.82, 2.24) is 34.9 Å². The number of hydrogen-bond donors (Lipinski definition) is 1. The minimum Gasteiger partial charge on any atom is -0.424 e. The van der Waals surface area contributed by atoms with Crippen molar-refractivity contribution in [3.05, 3.63) is 83.9 Å². The van der Waals surface area contributed by atoms with Crippen molar-refractivity contribution in [3.8, 4) is 47.0 Å². The molecule has 0 spiro atoms. The fraction of sp³-hybridized carbons (Fsp3) is 0.0417. The smallest absolute Gasteiger partial charge is 0.330 e. The average Bonchev–Trinajstić information content (AvgIpc) is 2.88. The summed E-state index contributed by atoms with van der Waals surface area (Å²) in [6.45, 7) is 0.379. The first kappa shape index (κ1) is 22.4. The largest absolute Gasteiger partial charge is 0.424 e. The second kappa shape index (κ2) is 9.87. The highest BCUT2D eigenvalue weighted by Gasteiger charge is 2.15. The summed E-state index contributed by atoms with van der Waals surface area (Å²) in [4.78, 5) is 29.5. The van der Waals surface area contributed by atoms with Gasteiger partial charge in [-0.15, -0.1) is 9.97 Å². The van der Waals surface area contributed by atoms with Gasteiger partial charge < -0.3 is 24.3 Å². The second-order valence-corrected chi connectivity index (χ2v) is 7.76. The molecule has 1 aliphatic rings. The second-order valence-electron chi connectivity index (χ2n) is 7.43. The standard InChI is InChI=1S/C24H15ClN8O4/c25-19-28-21-32-22(29-19)35-16-7-4-9-18(12-16)37-24-31-20(27-13-14-5-1-2-10-26-14)30-23(33-24)36-17-8-3-6-15(11-17)34-21/h1-12H,13H2,(H,27,30,31,33). The minimum atomic E-state index is -0.0979. The van der Waals surface area contributed by atoms with Crippen molar-refractivity contribution in [2.75, 3.05) is 5.32 Å². The number of aromatic nitrogens is 7. The van der Waals surface area contributed by atoms with Crippen LogP contribution in [0.3, 0.4) is 0 Å². The lowest BCUT2D eigenvalue weighted by Gasteiger charge is -2.12. The number of halogens is 1. The maximum absolute atomic E-state index is 6.05. The lowest BCUT2D eigenvalue weighted by atomic mass is 10.3. The van der Waals surface area contributed by atoms with Crippen LogP contribution in [-0.2, 0) is 6.54 Å². The third-order valence-corrected chi connectivity index (χ3v) is 4.93. The molecule has 2 aromatic carbocycles. The van der Waals surface area contributed by atoms with Gasteiger partial charge in [0.15, 0.2) is 0 Å². The van der Waals surface area contributed by atoms with Crippen molar-refractivity contribution in [1.29, 1.82) is 0 Å². The van der Waals surface area contributed by atoms with Crippen LogP contribution >= 0.6 is 11.6 Å². The number of benzene rings is 2. The van der Waals surface area contributed by atoms with Crippen LogP contribution in [0.2, 0.25) is 5.28 Å². The summed E-state index contributed by atoms with van der Waals surface area (Å²) in [5.74, 6) is 1.75. The zero-order valence-corrected chi connectivity index (χ0v) is 19.5. The molecule has 0 aliphatic carbocycles. The van der Waals surface area contributed by atoms with E-state index in [1.807, 2.05) is 18.2 Å². The number of anilines is 1. The van der Waals surface area contributed by atoms with E-state index in [-0.39, 0.29) is 35.3 Å². The van der Waals surface area contributed by atoms with Gasteiger partial charge >= 0.3 is 24.0 Å². The molecule has 37 heavy (non-hydrogen) atoms. The van der Waals surface area contributed by atoms with Gasteiger partial charge in [0.2, 0.25) is 11.2 Å². The fourth-order valence-electron chi connectivity index (χ4n) is 3.21. The van der Waals surface area contributed by atoms with E-state index in [1.165, 1.54) is 0 Å². The van der Waals surface area contributed by atoms with Gasteiger partial charge in [-0.1, -0.05) is 18.2 Å². The first-order valence-electron chi connectivity index (χ1n) is 10.9. The highest BCUT2D eigenvalue weighted by atomic mass is 35.5. The molecule has 3 aromatic heterocycles. The van der Waals surface area contributed by atoms with Crippen LogP contribution in [0.15, 0.2) is 72.9 Å². The van der Waals surface area contributed by atoms with Gasteiger partial charge in [0.1, 0.15) is 23.0 Å². The van der Waals surface area contributed by atoms with Crippen LogP contribution < -0.4 is 24.3 Å². The summed E-state index contributed by atoms with van der Waals surface area (Å²) in [6.07, 6.45) is 1.71. The molecule has 182 valence electrons. The van der Waals surface area contributed by atoms with Gasteiger partial charge in [-0.25, -0.2) is 0 Å². The summed E-state index contributed by atoms with van der Waals surface area (Å²) >= 11 is 6.05. The van der Waals surface area contributed by atoms with Crippen LogP contribution in [0, 0.1) is 0 Å². The molecule has 0 atom stereocenters. The molecule has 8 bridgehead atoms. The minimum absolute atomic E-state index is 0.00402. The SMILES string of the molecule is Clc1nc2nc(n1)Oc1cccc(c1)Oc1nc(NCc3ccccn3)nc(n1)Oc1cccc(c1)O2. The van der Waals surface area contributed by atoms with Crippen molar-refractivity contribution >= 4 is 17.5 Å². The van der Waals surface area contributed by atoms with E-state index in [9.17, 15) is 0 Å². The Morgan fingerprint density at radius 3 is 1.59 bits per heavy atom. The third kappa shape index (κ3) is 5.60. The van der Waals surface area contributed by atoms with Crippen LogP contribution in [0.4, 0.5) is 5.95 Å². The van der Waals surface area contributed by atoms with Gasteiger partial charge in [-0.2, -0.15) is 19.9 Å². The number of nitrogens with one attached hydrogen (secondary N) is 1. The Morgan fingerprint density at radius 1 is 0.595 bits per heavy atom. The van der Waals surface area contributed by atoms with Crippen molar-refractivity contribution in [3.63, 3.8) is 0 Å². The molecule has 0 saturated heterocycles. The Hall–Kier alpha value is -5.10. The molecule has 0 saturated carbocycles. The average molecular weight is 515 g/mol. The van der Waals surface area contributed by atoms with Gasteiger partial charge in [0.25, 0.3) is 0 Å². The monoisotopic (exact) mass is 514 g/mol. The highest BCUT2D eigenvalue weighted by Crippen LogP contribution is 2.31. The number of pyridine rings is 1. The first-order valence-corrected chi connectivity index (χ1v) is 11.3. The summed E-state index contributed by atoms with van der Waals surface area (Å²) in [5, 5.41) is 3.02. The first-order chi connectivity index (χ1) is 18.1. The molecule has 1 aliphatic heterocycles. The van der Waals surface area contributed by atoms with Crippen molar-refractivity contribution in [2.24, 2.45) is 0 Å². The molecular weight excluding hydrogens is 500 g/mol. The number of hydrogen-bond acceptors (Lipinski definition) is 12. The normalized spacial score (nSPS) is 11.8. The molecule has 6 rings (SSSR count). The Kier molecular flexibility index (Phi) is 5.97. The molecular formula is C24H15ClN8O4. The Labute approximate surface area is 214 Å². The highest BCUT2D eigenvalue weighted by molar-refractivity contribution is 6.28. The summed E-state index contributed by atoms with van der Waals surface area (Å²) in [7, 11) is 0. The molecule has 13 heteroatoms. The maximum atomic E-state index is 6.05. The van der Waals surface area contributed by atoms with Gasteiger partial charge in [0.05, 0.1) is 12.2 Å². The van der Waals surface area contributed by atoms with E-state index in [4.69, 9.17) is 30.5 Å². The number of ether oxygens (including phenoxy) is 4. The Balaban J connectivity index is 1.39. The van der Waals surface area contributed by atoms with Crippen LogP contribution in [-0.4, -0.2) is 34.9 Å². The maximum Gasteiger partial charge on any atom is 0.330 e. The lowest BCUT2D eigenvalue weighted by molar-refractivity contribution is 0.381. The molecule has 4 heterocycles. The van der Waals surface area contributed by atoms with E-state index in [0.717, 1.165) is 5.69 Å². The fourth-order valence-corrected chi connectivity index (χ4v) is 3.36. The molecule has 12 nitrogen and oxygen atoms in total. The summed E-state index contributed by atoms with van der Waals surface area (Å²) < 4.78 is 23.3. The third-order valence-electron chi connectivity index (χ3n) is 4.76. The lowest BCUT2D eigenvalue weighted by Crippen LogP contribution is -2.08. The summed E-state index contributed by atoms with van der Waals surface area (Å²) in [6, 6.07) is 18.9. The van der Waals surface area contributed by atoms with Crippen LogP contribution in [0.5, 0.6) is 47.0 Å². The molecule has 0 fully saturated rings. The molecule has 0 radical (unpaired) electrons. The van der Waals surface area contributed by atoms with Gasteiger partial charge in [-0.05, 0) is 48.0 Å². The molecule has 0 amide bonds. The van der Waals surface area contributed by atoms with E-state index in [2.05, 4.69) is 40.2 Å². The molecule has 5 aromatic rings. The predicted octanol–water partition coefficient (Wildman–Crippen LogP) is 5.20. The summed E-state index contributed by atoms with van der Waals surface area (Å²) in [5.41, 5.74) is 0.802. The topological polar surface area (TPSA) is 139 Å². The van der Waals surface area contributed by atoms with E-state index < -0.39 is 0 Å². The zero-order valence-electron chi connectivity index (χ0n) is 18.8. The van der Waals surface area contributed by atoms with Gasteiger partial charge in [-0.3, -0.25) is 4.98 Å². The Morgan fingerprint density at radius 2 is 1.11 bits per heavy atom. The number of rotatable bonds is 3. The zero-order chi connectivity index (χ0) is 25.0. The quantitative estimate of drug-likeness (QED) is 0.332. The van der Waals surface area contributed by atoms with Crippen molar-refractivity contribution in [2.45, 2.75) is 6.54 Å².